The molecule has 2 aliphatic heterocycles. The van der Waals surface area contributed by atoms with Crippen LogP contribution < -0.4 is 15.5 Å². The molecule has 0 aromatic heterocycles. The van der Waals surface area contributed by atoms with E-state index >= 15 is 0 Å². The van der Waals surface area contributed by atoms with Crippen molar-refractivity contribution >= 4 is 17.5 Å². The highest BCUT2D eigenvalue weighted by molar-refractivity contribution is 5.94. The van der Waals surface area contributed by atoms with Crippen molar-refractivity contribution in [2.75, 3.05) is 24.5 Å². The third kappa shape index (κ3) is 3.59. The summed E-state index contributed by atoms with van der Waals surface area (Å²) in [6.07, 6.45) is 4.49. The number of hydrogen-bond acceptors (Lipinski definition) is 3. The second-order valence-corrected chi connectivity index (χ2v) is 6.09. The minimum absolute atomic E-state index is 0.0488. The molecule has 0 saturated carbocycles. The van der Waals surface area contributed by atoms with Gasteiger partial charge < -0.3 is 15.5 Å². The molecule has 0 radical (unpaired) electrons. The van der Waals surface area contributed by atoms with Crippen LogP contribution in [-0.2, 0) is 4.79 Å². The van der Waals surface area contributed by atoms with Crippen molar-refractivity contribution in [2.24, 2.45) is 0 Å². The van der Waals surface area contributed by atoms with Gasteiger partial charge in [-0.05, 0) is 49.9 Å². The van der Waals surface area contributed by atoms with Gasteiger partial charge in [0, 0.05) is 43.3 Å². The van der Waals surface area contributed by atoms with Crippen molar-refractivity contribution in [2.45, 2.75) is 38.1 Å². The molecule has 1 aromatic rings. The molecule has 2 heterocycles. The summed E-state index contributed by atoms with van der Waals surface area (Å²) in [5.74, 6) is 0.0269. The quantitative estimate of drug-likeness (QED) is 0.893. The Morgan fingerprint density at radius 3 is 2.59 bits per heavy atom. The van der Waals surface area contributed by atoms with Gasteiger partial charge in [0.1, 0.15) is 0 Å². The summed E-state index contributed by atoms with van der Waals surface area (Å²) in [4.78, 5) is 26.0. The zero-order chi connectivity index (χ0) is 15.4. The Morgan fingerprint density at radius 2 is 1.86 bits per heavy atom. The van der Waals surface area contributed by atoms with Crippen LogP contribution in [0.25, 0.3) is 0 Å². The molecule has 2 fully saturated rings. The number of carbonyl (C=O) groups excluding carboxylic acids is 2. The normalized spacial score (nSPS) is 22.1. The van der Waals surface area contributed by atoms with Gasteiger partial charge in [-0.2, -0.15) is 0 Å². The number of rotatable bonds is 3. The summed E-state index contributed by atoms with van der Waals surface area (Å²) >= 11 is 0. The molecule has 2 amide bonds. The fraction of sp³-hybridized carbons (Fsp3) is 0.529. The molecule has 0 bridgehead atoms. The van der Waals surface area contributed by atoms with E-state index in [0.717, 1.165) is 19.5 Å². The van der Waals surface area contributed by atoms with Crippen molar-refractivity contribution in [3.8, 4) is 0 Å². The fourth-order valence-corrected chi connectivity index (χ4v) is 3.14. The van der Waals surface area contributed by atoms with Crippen LogP contribution in [0.2, 0.25) is 0 Å². The van der Waals surface area contributed by atoms with Crippen LogP contribution in [0, 0.1) is 0 Å². The van der Waals surface area contributed by atoms with E-state index in [1.807, 2.05) is 24.3 Å². The largest absolute Gasteiger partial charge is 0.372 e. The summed E-state index contributed by atoms with van der Waals surface area (Å²) in [6, 6.07) is 7.91. The highest BCUT2D eigenvalue weighted by atomic mass is 16.2. The summed E-state index contributed by atoms with van der Waals surface area (Å²) in [5.41, 5.74) is 1.88. The molecule has 22 heavy (non-hydrogen) atoms. The molecule has 5 nitrogen and oxygen atoms in total. The van der Waals surface area contributed by atoms with Crippen LogP contribution in [0.3, 0.4) is 0 Å². The Morgan fingerprint density at radius 1 is 1.14 bits per heavy atom. The van der Waals surface area contributed by atoms with Crippen LogP contribution in [-0.4, -0.2) is 37.5 Å². The molecular weight excluding hydrogens is 278 g/mol. The predicted molar refractivity (Wildman–Crippen MR) is 86.0 cm³/mol. The lowest BCUT2D eigenvalue weighted by molar-refractivity contribution is -0.120. The molecular formula is C17H23N3O2. The van der Waals surface area contributed by atoms with Crippen molar-refractivity contribution in [3.05, 3.63) is 29.8 Å². The van der Waals surface area contributed by atoms with Crippen LogP contribution in [0.5, 0.6) is 0 Å². The van der Waals surface area contributed by atoms with Crippen LogP contribution in [0.4, 0.5) is 5.69 Å². The number of carbonyl (C=O) groups is 2. The molecule has 2 N–H and O–H groups in total. The van der Waals surface area contributed by atoms with Crippen LogP contribution in [0.15, 0.2) is 24.3 Å². The lowest BCUT2D eigenvalue weighted by Crippen LogP contribution is -2.35. The first-order valence-electron chi connectivity index (χ1n) is 8.15. The number of hydrogen-bond donors (Lipinski definition) is 2. The fourth-order valence-electron chi connectivity index (χ4n) is 3.14. The van der Waals surface area contributed by atoms with Gasteiger partial charge in [-0.3, -0.25) is 9.59 Å². The number of anilines is 1. The lowest BCUT2D eigenvalue weighted by Gasteiger charge is -2.18. The third-order valence-corrected chi connectivity index (χ3v) is 4.47. The van der Waals surface area contributed by atoms with E-state index in [1.165, 1.54) is 18.5 Å². The zero-order valence-corrected chi connectivity index (χ0v) is 12.8. The molecule has 1 atom stereocenters. The Bertz CT molecular complexity index is 535. The van der Waals surface area contributed by atoms with Crippen molar-refractivity contribution < 1.29 is 9.59 Å². The molecule has 3 rings (SSSR count). The Balaban J connectivity index is 1.58. The molecule has 2 saturated heterocycles. The topological polar surface area (TPSA) is 61.4 Å². The minimum Gasteiger partial charge on any atom is -0.372 e. The summed E-state index contributed by atoms with van der Waals surface area (Å²) in [7, 11) is 0. The Kier molecular flexibility index (Phi) is 4.61. The van der Waals surface area contributed by atoms with Crippen LogP contribution in [0.1, 0.15) is 42.5 Å². The lowest BCUT2D eigenvalue weighted by atomic mass is 10.1. The molecule has 0 spiro atoms. The van der Waals surface area contributed by atoms with E-state index in [2.05, 4.69) is 15.5 Å². The van der Waals surface area contributed by atoms with Crippen molar-refractivity contribution in [1.29, 1.82) is 0 Å². The summed E-state index contributed by atoms with van der Waals surface area (Å²) < 4.78 is 0. The molecule has 0 aliphatic carbocycles. The zero-order valence-electron chi connectivity index (χ0n) is 12.8. The molecule has 1 aromatic carbocycles. The smallest absolute Gasteiger partial charge is 0.251 e. The first-order chi connectivity index (χ1) is 10.7. The van der Waals surface area contributed by atoms with E-state index in [0.29, 0.717) is 24.9 Å². The monoisotopic (exact) mass is 301 g/mol. The van der Waals surface area contributed by atoms with Crippen molar-refractivity contribution in [1.82, 2.24) is 10.6 Å². The van der Waals surface area contributed by atoms with Crippen LogP contribution >= 0.6 is 0 Å². The maximum atomic E-state index is 12.3. The average molecular weight is 301 g/mol. The van der Waals surface area contributed by atoms with E-state index in [4.69, 9.17) is 0 Å². The van der Waals surface area contributed by atoms with Gasteiger partial charge in [0.2, 0.25) is 5.91 Å². The minimum atomic E-state index is -0.0488. The first-order valence-corrected chi connectivity index (χ1v) is 8.15. The van der Waals surface area contributed by atoms with E-state index in [9.17, 15) is 9.59 Å². The van der Waals surface area contributed by atoms with E-state index < -0.39 is 0 Å². The maximum absolute atomic E-state index is 12.3. The summed E-state index contributed by atoms with van der Waals surface area (Å²) in [5, 5.41) is 5.87. The highest BCUT2D eigenvalue weighted by Crippen LogP contribution is 2.20. The van der Waals surface area contributed by atoms with Gasteiger partial charge >= 0.3 is 0 Å². The van der Waals surface area contributed by atoms with Gasteiger partial charge in [0.25, 0.3) is 5.91 Å². The summed E-state index contributed by atoms with van der Waals surface area (Å²) in [6.45, 7) is 2.85. The van der Waals surface area contributed by atoms with Crippen molar-refractivity contribution in [3.63, 3.8) is 0 Å². The number of benzene rings is 1. The Hall–Kier alpha value is -2.04. The number of amides is 2. The standard InChI is InChI=1S/C17H23N3O2/c21-16-8-5-14(9-10-18-16)19-17(22)13-3-6-15(7-4-13)20-11-1-2-12-20/h3-4,6-7,14H,1-2,5,8-12H2,(H,18,21)(H,19,22). The van der Waals surface area contributed by atoms with Gasteiger partial charge in [0.05, 0.1) is 0 Å². The molecule has 1 unspecified atom stereocenters. The molecule has 118 valence electrons. The highest BCUT2D eigenvalue weighted by Gasteiger charge is 2.19. The van der Waals surface area contributed by atoms with E-state index in [-0.39, 0.29) is 17.9 Å². The Labute approximate surface area is 131 Å². The van der Waals surface area contributed by atoms with Gasteiger partial charge in [-0.25, -0.2) is 0 Å². The second-order valence-electron chi connectivity index (χ2n) is 6.09. The van der Waals surface area contributed by atoms with Gasteiger partial charge in [0.15, 0.2) is 0 Å². The van der Waals surface area contributed by atoms with E-state index in [1.54, 1.807) is 0 Å². The number of nitrogens with zero attached hydrogens (tertiary/aromatic N) is 1. The predicted octanol–water partition coefficient (Wildman–Crippen LogP) is 1.69. The molecule has 2 aliphatic rings. The number of nitrogens with one attached hydrogen (secondary N) is 2. The molecule has 5 heteroatoms. The first kappa shape index (κ1) is 14.9. The maximum Gasteiger partial charge on any atom is 0.251 e. The van der Waals surface area contributed by atoms with Gasteiger partial charge in [-0.15, -0.1) is 0 Å². The third-order valence-electron chi connectivity index (χ3n) is 4.47. The SMILES string of the molecule is O=C1CCC(NC(=O)c2ccc(N3CCCC3)cc2)CCN1. The second kappa shape index (κ2) is 6.81. The average Bonchev–Trinajstić information content (AvgIpc) is 2.99. The van der Waals surface area contributed by atoms with Gasteiger partial charge in [-0.1, -0.05) is 0 Å².